The molecule has 1 aliphatic heterocycles. The van der Waals surface area contributed by atoms with E-state index in [1.807, 2.05) is 0 Å². The van der Waals surface area contributed by atoms with Crippen molar-refractivity contribution in [3.8, 4) is 0 Å². The summed E-state index contributed by atoms with van der Waals surface area (Å²) in [5.74, 6) is 2.31. The van der Waals surface area contributed by atoms with Gasteiger partial charge in [0.2, 0.25) is 0 Å². The molecular formula is C28H37ClN4. The lowest BCUT2D eigenvalue weighted by molar-refractivity contribution is 0.685. The van der Waals surface area contributed by atoms with Crippen molar-refractivity contribution in [3.05, 3.63) is 68.2 Å². The molecule has 176 valence electrons. The first kappa shape index (κ1) is 23.7. The van der Waals surface area contributed by atoms with Gasteiger partial charge in [-0.05, 0) is 93.3 Å². The molecule has 0 N–H and O–H groups in total. The molecular weight excluding hydrogens is 428 g/mol. The Morgan fingerprint density at radius 2 is 1.79 bits per heavy atom. The van der Waals surface area contributed by atoms with Gasteiger partial charge in [-0.1, -0.05) is 36.7 Å². The Hall–Kier alpha value is -2.46. The average molecular weight is 465 g/mol. The second kappa shape index (κ2) is 9.42. The molecule has 1 aliphatic rings. The highest BCUT2D eigenvalue weighted by molar-refractivity contribution is 6.33. The van der Waals surface area contributed by atoms with Gasteiger partial charge in [-0.3, -0.25) is 4.68 Å². The monoisotopic (exact) mass is 464 g/mol. The summed E-state index contributed by atoms with van der Waals surface area (Å²) < 4.78 is 2.09. The summed E-state index contributed by atoms with van der Waals surface area (Å²) in [6, 6.07) is 8.83. The number of hydrogen-bond acceptors (Lipinski definition) is 3. The van der Waals surface area contributed by atoms with E-state index in [0.717, 1.165) is 55.4 Å². The number of halogens is 1. The fraction of sp³-hybridized carbons (Fsp3) is 0.464. The van der Waals surface area contributed by atoms with Gasteiger partial charge in [-0.25, -0.2) is 0 Å². The molecule has 0 amide bonds. The zero-order valence-corrected chi connectivity index (χ0v) is 22.0. The largest absolute Gasteiger partial charge is 0.352 e. The van der Waals surface area contributed by atoms with Crippen LogP contribution in [-0.4, -0.2) is 22.9 Å². The smallest absolute Gasteiger partial charge is 0.160 e. The SMILES string of the molecule is CCCN(Cc1ccc(C)c(C)c1C)c1c2c(nn1C)N(c1c(C)cc(C)cc1Cl)CCC2. The summed E-state index contributed by atoms with van der Waals surface area (Å²) in [6.45, 7) is 16.0. The highest BCUT2D eigenvalue weighted by Crippen LogP contribution is 2.42. The Kier molecular flexibility index (Phi) is 6.76. The quantitative estimate of drug-likeness (QED) is 0.388. The molecule has 0 atom stereocenters. The third-order valence-electron chi connectivity index (χ3n) is 7.15. The van der Waals surface area contributed by atoms with Gasteiger partial charge in [-0.2, -0.15) is 5.10 Å². The van der Waals surface area contributed by atoms with Gasteiger partial charge in [0.1, 0.15) is 5.82 Å². The van der Waals surface area contributed by atoms with E-state index in [1.165, 1.54) is 44.8 Å². The number of aryl methyl sites for hydroxylation is 4. The summed E-state index contributed by atoms with van der Waals surface area (Å²) >= 11 is 6.76. The minimum atomic E-state index is 0.809. The number of aromatic nitrogens is 2. The summed E-state index contributed by atoms with van der Waals surface area (Å²) in [6.07, 6.45) is 3.23. The minimum Gasteiger partial charge on any atom is -0.352 e. The first-order valence-electron chi connectivity index (χ1n) is 12.1. The molecule has 1 aromatic heterocycles. The van der Waals surface area contributed by atoms with Gasteiger partial charge in [0.25, 0.3) is 0 Å². The molecule has 3 aromatic rings. The topological polar surface area (TPSA) is 24.3 Å². The van der Waals surface area contributed by atoms with Crippen LogP contribution in [0.25, 0.3) is 0 Å². The van der Waals surface area contributed by atoms with Crippen molar-refractivity contribution >= 4 is 28.9 Å². The van der Waals surface area contributed by atoms with Gasteiger partial charge >= 0.3 is 0 Å². The number of anilines is 3. The van der Waals surface area contributed by atoms with E-state index in [4.69, 9.17) is 16.7 Å². The maximum atomic E-state index is 6.76. The van der Waals surface area contributed by atoms with Crippen molar-refractivity contribution in [1.29, 1.82) is 0 Å². The van der Waals surface area contributed by atoms with Gasteiger partial charge < -0.3 is 9.80 Å². The Balaban J connectivity index is 1.77. The lowest BCUT2D eigenvalue weighted by Gasteiger charge is -2.32. The number of benzene rings is 2. The van der Waals surface area contributed by atoms with Crippen molar-refractivity contribution in [1.82, 2.24) is 9.78 Å². The van der Waals surface area contributed by atoms with Crippen molar-refractivity contribution in [2.45, 2.75) is 67.3 Å². The second-order valence-electron chi connectivity index (χ2n) is 9.63. The molecule has 2 heterocycles. The molecule has 4 nitrogen and oxygen atoms in total. The molecule has 0 radical (unpaired) electrons. The summed E-state index contributed by atoms with van der Waals surface area (Å²) in [7, 11) is 2.09. The minimum absolute atomic E-state index is 0.809. The third kappa shape index (κ3) is 4.38. The van der Waals surface area contributed by atoms with Gasteiger partial charge in [-0.15, -0.1) is 0 Å². The summed E-state index contributed by atoms with van der Waals surface area (Å²) in [5, 5.41) is 5.86. The number of nitrogens with zero attached hydrogens (tertiary/aromatic N) is 4. The van der Waals surface area contributed by atoms with Crippen LogP contribution in [0.5, 0.6) is 0 Å². The molecule has 5 heteroatoms. The molecule has 0 spiro atoms. The average Bonchev–Trinajstić information content (AvgIpc) is 3.09. The molecule has 0 unspecified atom stereocenters. The highest BCUT2D eigenvalue weighted by atomic mass is 35.5. The Morgan fingerprint density at radius 1 is 1.03 bits per heavy atom. The van der Waals surface area contributed by atoms with Crippen LogP contribution in [0, 0.1) is 34.6 Å². The van der Waals surface area contributed by atoms with Crippen LogP contribution in [0.15, 0.2) is 24.3 Å². The van der Waals surface area contributed by atoms with E-state index in [2.05, 4.69) is 87.3 Å². The predicted octanol–water partition coefficient (Wildman–Crippen LogP) is 7.12. The fourth-order valence-corrected chi connectivity index (χ4v) is 5.71. The van der Waals surface area contributed by atoms with E-state index in [-0.39, 0.29) is 0 Å². The number of hydrogen-bond donors (Lipinski definition) is 0. The molecule has 4 rings (SSSR count). The molecule has 0 aliphatic carbocycles. The Morgan fingerprint density at radius 3 is 2.48 bits per heavy atom. The normalized spacial score (nSPS) is 13.4. The van der Waals surface area contributed by atoms with Crippen LogP contribution < -0.4 is 9.80 Å². The van der Waals surface area contributed by atoms with E-state index in [9.17, 15) is 0 Å². The molecule has 0 bridgehead atoms. The van der Waals surface area contributed by atoms with Crippen molar-refractivity contribution in [2.75, 3.05) is 22.9 Å². The molecule has 0 fully saturated rings. The lowest BCUT2D eigenvalue weighted by Crippen LogP contribution is -2.29. The first-order chi connectivity index (χ1) is 15.7. The third-order valence-corrected chi connectivity index (χ3v) is 7.44. The van der Waals surface area contributed by atoms with Crippen LogP contribution in [0.4, 0.5) is 17.3 Å². The first-order valence-corrected chi connectivity index (χ1v) is 12.5. The summed E-state index contributed by atoms with van der Waals surface area (Å²) in [4.78, 5) is 4.86. The molecule has 0 saturated heterocycles. The lowest BCUT2D eigenvalue weighted by atomic mass is 9.98. The zero-order chi connectivity index (χ0) is 23.9. The number of fused-ring (bicyclic) bond motifs is 1. The van der Waals surface area contributed by atoms with Gasteiger partial charge in [0, 0.05) is 32.2 Å². The molecule has 33 heavy (non-hydrogen) atoms. The highest BCUT2D eigenvalue weighted by Gasteiger charge is 2.30. The van der Waals surface area contributed by atoms with Gasteiger partial charge in [0.05, 0.1) is 10.7 Å². The fourth-order valence-electron chi connectivity index (χ4n) is 5.29. The van der Waals surface area contributed by atoms with Crippen LogP contribution in [0.1, 0.15) is 58.7 Å². The van der Waals surface area contributed by atoms with E-state index >= 15 is 0 Å². The number of rotatable bonds is 6. The van der Waals surface area contributed by atoms with Crippen molar-refractivity contribution in [2.24, 2.45) is 7.05 Å². The van der Waals surface area contributed by atoms with Crippen LogP contribution >= 0.6 is 11.6 Å². The van der Waals surface area contributed by atoms with E-state index in [0.29, 0.717) is 0 Å². The Bertz CT molecular complexity index is 1150. The molecule has 0 saturated carbocycles. The van der Waals surface area contributed by atoms with E-state index < -0.39 is 0 Å². The standard InChI is InChI=1S/C28H37ClN4/c1-8-13-32(17-23-12-11-19(3)21(5)22(23)6)28-24-10-9-14-33(27(24)30-31(28)7)26-20(4)15-18(2)16-25(26)29/h11-12,15-16H,8-10,13-14,17H2,1-7H3. The second-order valence-corrected chi connectivity index (χ2v) is 10.0. The van der Waals surface area contributed by atoms with Crippen molar-refractivity contribution < 1.29 is 0 Å². The van der Waals surface area contributed by atoms with Gasteiger partial charge in [0.15, 0.2) is 5.82 Å². The predicted molar refractivity (Wildman–Crippen MR) is 141 cm³/mol. The maximum Gasteiger partial charge on any atom is 0.160 e. The van der Waals surface area contributed by atoms with Crippen molar-refractivity contribution in [3.63, 3.8) is 0 Å². The summed E-state index contributed by atoms with van der Waals surface area (Å²) in [5.41, 5.74) is 10.4. The van der Waals surface area contributed by atoms with Crippen LogP contribution in [0.2, 0.25) is 5.02 Å². The molecule has 2 aromatic carbocycles. The maximum absolute atomic E-state index is 6.76. The van der Waals surface area contributed by atoms with Crippen LogP contribution in [-0.2, 0) is 20.0 Å². The zero-order valence-electron chi connectivity index (χ0n) is 21.2. The Labute approximate surface area is 204 Å². The van der Waals surface area contributed by atoms with E-state index in [1.54, 1.807) is 0 Å². The van der Waals surface area contributed by atoms with Crippen LogP contribution in [0.3, 0.4) is 0 Å².